The van der Waals surface area contributed by atoms with Crippen LogP contribution in [-0.4, -0.2) is 18.6 Å². The summed E-state index contributed by atoms with van der Waals surface area (Å²) in [5.41, 5.74) is 2.36. The maximum atomic E-state index is 12.5. The molecule has 0 bridgehead atoms. The summed E-state index contributed by atoms with van der Waals surface area (Å²) in [5.74, 6) is -1.36. The molecule has 0 heterocycles. The third-order valence-corrected chi connectivity index (χ3v) is 8.59. The van der Waals surface area contributed by atoms with Crippen LogP contribution in [0.25, 0.3) is 0 Å². The molecule has 0 aliphatic heterocycles. The van der Waals surface area contributed by atoms with Crippen molar-refractivity contribution in [1.29, 1.82) is 0 Å². The van der Waals surface area contributed by atoms with Crippen LogP contribution in [0, 0.1) is 25.5 Å². The molecule has 38 heavy (non-hydrogen) atoms. The molecule has 0 saturated heterocycles. The van der Waals surface area contributed by atoms with Crippen LogP contribution in [0.3, 0.4) is 0 Å². The van der Waals surface area contributed by atoms with Crippen molar-refractivity contribution in [1.82, 2.24) is 0 Å². The lowest BCUT2D eigenvalue weighted by Gasteiger charge is -2.22. The summed E-state index contributed by atoms with van der Waals surface area (Å²) in [5, 5.41) is 0. The summed E-state index contributed by atoms with van der Waals surface area (Å²) in [7, 11) is -4.97. The van der Waals surface area contributed by atoms with Gasteiger partial charge in [0.2, 0.25) is 0 Å². The van der Waals surface area contributed by atoms with Crippen molar-refractivity contribution in [3.05, 3.63) is 114 Å². The predicted molar refractivity (Wildman–Crippen MR) is 146 cm³/mol. The number of rotatable bonds is 5. The van der Waals surface area contributed by atoms with Crippen LogP contribution in [0.4, 0.5) is 8.78 Å². The smallest absolute Gasteiger partial charge is 0.172 e. The molecule has 0 fully saturated rings. The first-order valence-electron chi connectivity index (χ1n) is 11.8. The van der Waals surface area contributed by atoms with Crippen molar-refractivity contribution in [2.24, 2.45) is 0 Å². The number of benzene rings is 4. The monoisotopic (exact) mass is 556 g/mol. The van der Waals surface area contributed by atoms with Crippen molar-refractivity contribution >= 4 is 21.0 Å². The van der Waals surface area contributed by atoms with E-state index in [9.17, 15) is 21.8 Å². The Bertz CT molecular complexity index is 1420. The zero-order valence-electron chi connectivity index (χ0n) is 21.9. The summed E-state index contributed by atoms with van der Waals surface area (Å²) in [6, 6.07) is 27.6. The highest BCUT2D eigenvalue weighted by molar-refractivity contribution is 7.97. The van der Waals surface area contributed by atoms with Crippen LogP contribution < -0.4 is 4.74 Å². The van der Waals surface area contributed by atoms with E-state index >= 15 is 0 Å². The first kappa shape index (κ1) is 29.4. The molecule has 0 atom stereocenters. The van der Waals surface area contributed by atoms with Gasteiger partial charge in [0.05, 0.1) is 15.8 Å². The molecule has 0 unspecified atom stereocenters. The van der Waals surface area contributed by atoms with Gasteiger partial charge >= 0.3 is 0 Å². The van der Waals surface area contributed by atoms with Crippen LogP contribution in [-0.2, 0) is 21.0 Å². The summed E-state index contributed by atoms with van der Waals surface area (Å²) >= 11 is 0. The molecule has 4 aromatic carbocycles. The molecular weight excluding hydrogens is 526 g/mol. The molecule has 0 radical (unpaired) electrons. The molecule has 0 amide bonds. The van der Waals surface area contributed by atoms with Gasteiger partial charge in [-0.05, 0) is 83.1 Å². The van der Waals surface area contributed by atoms with Crippen molar-refractivity contribution in [3.8, 4) is 5.75 Å². The van der Waals surface area contributed by atoms with E-state index in [0.717, 1.165) is 5.75 Å². The molecule has 4 rings (SSSR count). The van der Waals surface area contributed by atoms with Gasteiger partial charge in [-0.2, -0.15) is 0 Å². The van der Waals surface area contributed by atoms with Gasteiger partial charge in [-0.15, -0.1) is 0 Å². The van der Waals surface area contributed by atoms with Gasteiger partial charge in [0.25, 0.3) is 0 Å². The van der Waals surface area contributed by atoms with Gasteiger partial charge in [-0.1, -0.05) is 36.4 Å². The topological polar surface area (TPSA) is 66.4 Å². The highest BCUT2D eigenvalue weighted by atomic mass is 32.2. The number of aryl methyl sites for hydroxylation is 2. The molecule has 4 aromatic rings. The number of ether oxygens (including phenoxy) is 1. The fourth-order valence-electron chi connectivity index (χ4n) is 3.81. The van der Waals surface area contributed by atoms with E-state index in [1.165, 1.54) is 25.8 Å². The summed E-state index contributed by atoms with van der Waals surface area (Å²) in [6.45, 7) is 10.7. The van der Waals surface area contributed by atoms with Gasteiger partial charge in [0.1, 0.15) is 33.1 Å². The fourth-order valence-corrected chi connectivity index (χ4v) is 6.70. The van der Waals surface area contributed by atoms with Gasteiger partial charge in [0, 0.05) is 17.2 Å². The zero-order chi connectivity index (χ0) is 28.1. The van der Waals surface area contributed by atoms with Crippen molar-refractivity contribution in [2.75, 3.05) is 0 Å². The molecular formula is C30H30F2O4S2. The van der Waals surface area contributed by atoms with Gasteiger partial charge in [0.15, 0.2) is 14.7 Å². The molecule has 4 nitrogen and oxygen atoms in total. The molecule has 0 spiro atoms. The standard InChI is InChI=1S/C24H27OS.C6H4F2O3S/c1-18-16-20(25-24(3,4)5)17-19(2)23(18)26(21-12-8-6-9-13-21)22-14-10-7-11-15-22;7-4-1-2-6(5(8)3-4)12(9,10)11/h6-17H,1-5H3;1-3H,(H,9,10,11)/q+1;/p-1. The Hall–Kier alpha value is -3.20. The minimum Gasteiger partial charge on any atom is -0.744 e. The Labute approximate surface area is 226 Å². The van der Waals surface area contributed by atoms with Crippen molar-refractivity contribution < 1.29 is 26.5 Å². The van der Waals surface area contributed by atoms with Crippen LogP contribution in [0.1, 0.15) is 31.9 Å². The average molecular weight is 557 g/mol. The first-order chi connectivity index (χ1) is 17.8. The number of halogens is 2. The largest absolute Gasteiger partial charge is 0.744 e. The normalized spacial score (nSPS) is 11.6. The number of hydrogen-bond donors (Lipinski definition) is 0. The van der Waals surface area contributed by atoms with Crippen LogP contribution >= 0.6 is 0 Å². The lowest BCUT2D eigenvalue weighted by molar-refractivity contribution is 0.130. The summed E-state index contributed by atoms with van der Waals surface area (Å²) < 4.78 is 61.6. The van der Waals surface area contributed by atoms with E-state index in [-0.39, 0.29) is 16.5 Å². The molecule has 0 aliphatic rings. The van der Waals surface area contributed by atoms with E-state index in [2.05, 4.69) is 107 Å². The Morgan fingerprint density at radius 1 is 0.763 bits per heavy atom. The van der Waals surface area contributed by atoms with E-state index < -0.39 is 26.6 Å². The van der Waals surface area contributed by atoms with E-state index in [4.69, 9.17) is 4.74 Å². The Kier molecular flexibility index (Phi) is 9.35. The third-order valence-electron chi connectivity index (χ3n) is 5.18. The molecule has 200 valence electrons. The van der Waals surface area contributed by atoms with Gasteiger partial charge in [-0.3, -0.25) is 0 Å². The van der Waals surface area contributed by atoms with E-state index in [1.807, 2.05) is 0 Å². The second-order valence-electron chi connectivity index (χ2n) is 9.56. The van der Waals surface area contributed by atoms with E-state index in [0.29, 0.717) is 18.2 Å². The lowest BCUT2D eigenvalue weighted by atomic mass is 10.1. The van der Waals surface area contributed by atoms with Gasteiger partial charge < -0.3 is 9.29 Å². The summed E-state index contributed by atoms with van der Waals surface area (Å²) in [4.78, 5) is 3.04. The minimum absolute atomic E-state index is 0.125. The maximum absolute atomic E-state index is 12.5. The SMILES string of the molecule is Cc1cc(OC(C)(C)C)cc(C)c1[S+](c1ccccc1)c1ccccc1.O=S(=O)([O-])c1ccc(F)cc1F. The zero-order valence-corrected chi connectivity index (χ0v) is 23.5. The van der Waals surface area contributed by atoms with Crippen LogP contribution in [0.15, 0.2) is 111 Å². The average Bonchev–Trinajstić information content (AvgIpc) is 2.81. The van der Waals surface area contributed by atoms with Crippen LogP contribution in [0.5, 0.6) is 5.75 Å². The molecule has 8 heteroatoms. The molecule has 0 aromatic heterocycles. The van der Waals surface area contributed by atoms with E-state index in [1.54, 1.807) is 0 Å². The number of hydrogen-bond acceptors (Lipinski definition) is 4. The highest BCUT2D eigenvalue weighted by Crippen LogP contribution is 2.37. The molecule has 0 aliphatic carbocycles. The molecule has 0 saturated carbocycles. The Balaban J connectivity index is 0.000000279. The predicted octanol–water partition coefficient (Wildman–Crippen LogP) is 7.45. The second kappa shape index (κ2) is 12.1. The van der Waals surface area contributed by atoms with Gasteiger partial charge in [-0.25, -0.2) is 17.2 Å². The highest BCUT2D eigenvalue weighted by Gasteiger charge is 2.32. The second-order valence-corrected chi connectivity index (χ2v) is 12.9. The third kappa shape index (κ3) is 7.90. The Morgan fingerprint density at radius 2 is 1.24 bits per heavy atom. The van der Waals surface area contributed by atoms with Crippen molar-refractivity contribution in [3.63, 3.8) is 0 Å². The first-order valence-corrected chi connectivity index (χ1v) is 14.4. The fraction of sp³-hybridized carbons (Fsp3) is 0.200. The van der Waals surface area contributed by atoms with Crippen LogP contribution in [0.2, 0.25) is 0 Å². The maximum Gasteiger partial charge on any atom is 0.172 e. The van der Waals surface area contributed by atoms with Crippen molar-refractivity contribution in [2.45, 2.75) is 59.8 Å². The summed E-state index contributed by atoms with van der Waals surface area (Å²) in [6.07, 6.45) is 0. The Morgan fingerprint density at radius 3 is 1.63 bits per heavy atom. The quantitative estimate of drug-likeness (QED) is 0.189. The minimum atomic E-state index is -4.84. The molecule has 0 N–H and O–H groups in total. The lowest BCUT2D eigenvalue weighted by Crippen LogP contribution is -2.23.